The molecule has 2 fully saturated rings. The molecule has 1 saturated heterocycles. The number of nitrogens with zero attached hydrogens (tertiary/aromatic N) is 1. The zero-order valence-corrected chi connectivity index (χ0v) is 13.4. The van der Waals surface area contributed by atoms with E-state index in [-0.39, 0.29) is 34.5 Å². The SMILES string of the molecule is CC(C)(C)C(CBr)CN1C(=O)C2C(C1=O)C2(C)C. The molecule has 2 rings (SSSR count). The third kappa shape index (κ3) is 1.93. The molecule has 0 spiro atoms. The molecule has 1 aliphatic heterocycles. The standard InChI is InChI=1S/C14H22BrNO2/c1-13(2,3)8(6-15)7-16-11(17)9-10(12(16)18)14(9,4)5/h8-10H,6-7H2,1-5H3. The first-order chi connectivity index (χ1) is 8.12. The lowest BCUT2D eigenvalue weighted by Gasteiger charge is -2.33. The molecule has 102 valence electrons. The van der Waals surface area contributed by atoms with Gasteiger partial charge in [-0.2, -0.15) is 0 Å². The van der Waals surface area contributed by atoms with Gasteiger partial charge in [-0.1, -0.05) is 50.5 Å². The number of alkyl halides is 1. The van der Waals surface area contributed by atoms with E-state index in [9.17, 15) is 9.59 Å². The van der Waals surface area contributed by atoms with E-state index in [2.05, 4.69) is 36.7 Å². The van der Waals surface area contributed by atoms with E-state index in [1.807, 2.05) is 13.8 Å². The summed E-state index contributed by atoms with van der Waals surface area (Å²) in [6.07, 6.45) is 0. The van der Waals surface area contributed by atoms with Crippen LogP contribution in [0.3, 0.4) is 0 Å². The third-order valence-corrected chi connectivity index (χ3v) is 5.49. The number of carbonyl (C=O) groups is 2. The quantitative estimate of drug-likeness (QED) is 0.593. The van der Waals surface area contributed by atoms with Crippen LogP contribution in [0.15, 0.2) is 0 Å². The molecule has 1 aliphatic carbocycles. The molecule has 0 bridgehead atoms. The average molecular weight is 316 g/mol. The monoisotopic (exact) mass is 315 g/mol. The molecule has 3 atom stereocenters. The Morgan fingerprint density at radius 1 is 1.22 bits per heavy atom. The summed E-state index contributed by atoms with van der Waals surface area (Å²) >= 11 is 3.50. The van der Waals surface area contributed by atoms with Gasteiger partial charge in [0.05, 0.1) is 11.8 Å². The number of piperidine rings is 1. The average Bonchev–Trinajstić information content (AvgIpc) is 2.68. The summed E-state index contributed by atoms with van der Waals surface area (Å²) < 4.78 is 0. The summed E-state index contributed by atoms with van der Waals surface area (Å²) in [7, 11) is 0. The van der Waals surface area contributed by atoms with Crippen molar-refractivity contribution >= 4 is 27.7 Å². The highest BCUT2D eigenvalue weighted by atomic mass is 79.9. The van der Waals surface area contributed by atoms with Gasteiger partial charge in [-0.3, -0.25) is 14.5 Å². The van der Waals surface area contributed by atoms with Crippen molar-refractivity contribution in [1.82, 2.24) is 4.90 Å². The Morgan fingerprint density at radius 2 is 1.67 bits per heavy atom. The predicted molar refractivity (Wildman–Crippen MR) is 74.2 cm³/mol. The lowest BCUT2D eigenvalue weighted by Crippen LogP contribution is -2.43. The molecule has 0 aromatic heterocycles. The van der Waals surface area contributed by atoms with Gasteiger partial charge >= 0.3 is 0 Å². The number of rotatable bonds is 3. The number of fused-ring (bicyclic) bond motifs is 1. The second-order valence-corrected chi connectivity index (χ2v) is 7.93. The van der Waals surface area contributed by atoms with Crippen molar-refractivity contribution < 1.29 is 9.59 Å². The van der Waals surface area contributed by atoms with Gasteiger partial charge < -0.3 is 0 Å². The van der Waals surface area contributed by atoms with Gasteiger partial charge in [0.15, 0.2) is 0 Å². The van der Waals surface area contributed by atoms with E-state index < -0.39 is 0 Å². The summed E-state index contributed by atoms with van der Waals surface area (Å²) in [4.78, 5) is 26.0. The second kappa shape index (κ2) is 4.06. The van der Waals surface area contributed by atoms with E-state index >= 15 is 0 Å². The second-order valence-electron chi connectivity index (χ2n) is 7.28. The van der Waals surface area contributed by atoms with E-state index in [0.29, 0.717) is 12.5 Å². The number of hydrogen-bond acceptors (Lipinski definition) is 2. The van der Waals surface area contributed by atoms with Crippen molar-refractivity contribution in [3.8, 4) is 0 Å². The van der Waals surface area contributed by atoms with Crippen molar-refractivity contribution in [2.75, 3.05) is 11.9 Å². The first-order valence-corrected chi connectivity index (χ1v) is 7.65. The van der Waals surface area contributed by atoms with Gasteiger partial charge in [0.25, 0.3) is 0 Å². The molecule has 3 unspecified atom stereocenters. The summed E-state index contributed by atoms with van der Waals surface area (Å²) in [5, 5.41) is 0.812. The van der Waals surface area contributed by atoms with Crippen molar-refractivity contribution in [1.29, 1.82) is 0 Å². The van der Waals surface area contributed by atoms with Crippen molar-refractivity contribution in [2.45, 2.75) is 34.6 Å². The van der Waals surface area contributed by atoms with E-state index in [1.54, 1.807) is 0 Å². The smallest absolute Gasteiger partial charge is 0.233 e. The van der Waals surface area contributed by atoms with Crippen LogP contribution in [0.4, 0.5) is 0 Å². The number of hydrogen-bond donors (Lipinski definition) is 0. The molecule has 3 nitrogen and oxygen atoms in total. The number of halogens is 1. The van der Waals surface area contributed by atoms with Gasteiger partial charge in [0, 0.05) is 11.9 Å². The van der Waals surface area contributed by atoms with Crippen molar-refractivity contribution in [3.05, 3.63) is 0 Å². The zero-order valence-electron chi connectivity index (χ0n) is 11.8. The Labute approximate surface area is 117 Å². The summed E-state index contributed by atoms with van der Waals surface area (Å²) in [6.45, 7) is 11.0. The fraction of sp³-hybridized carbons (Fsp3) is 0.857. The van der Waals surface area contributed by atoms with Gasteiger partial charge in [0.1, 0.15) is 0 Å². The van der Waals surface area contributed by atoms with Gasteiger partial charge in [0.2, 0.25) is 11.8 Å². The molecule has 0 aromatic carbocycles. The Balaban J connectivity index is 2.09. The van der Waals surface area contributed by atoms with Crippen molar-refractivity contribution in [3.63, 3.8) is 0 Å². The molecule has 18 heavy (non-hydrogen) atoms. The molecule has 1 heterocycles. The Bertz CT molecular complexity index is 373. The highest BCUT2D eigenvalue weighted by molar-refractivity contribution is 9.09. The minimum Gasteiger partial charge on any atom is -0.282 e. The largest absolute Gasteiger partial charge is 0.282 e. The minimum atomic E-state index is -0.101. The Kier molecular flexibility index (Phi) is 3.16. The highest BCUT2D eigenvalue weighted by Crippen LogP contribution is 2.63. The number of likely N-dealkylation sites (tertiary alicyclic amines) is 1. The molecular weight excluding hydrogens is 294 g/mol. The molecule has 2 amide bonds. The number of imide groups is 1. The van der Waals surface area contributed by atoms with Crippen LogP contribution in [-0.4, -0.2) is 28.6 Å². The van der Waals surface area contributed by atoms with Crippen LogP contribution in [0.5, 0.6) is 0 Å². The minimum absolute atomic E-state index is 0.0465. The van der Waals surface area contributed by atoms with Crippen LogP contribution in [0, 0.1) is 28.6 Å². The lowest BCUT2D eigenvalue weighted by atomic mass is 9.81. The highest BCUT2D eigenvalue weighted by Gasteiger charge is 2.72. The van der Waals surface area contributed by atoms with Crippen LogP contribution in [-0.2, 0) is 9.59 Å². The summed E-state index contributed by atoms with van der Waals surface area (Å²) in [5.41, 5.74) is -0.0113. The van der Waals surface area contributed by atoms with Crippen LogP contribution >= 0.6 is 15.9 Å². The normalized spacial score (nSPS) is 31.6. The van der Waals surface area contributed by atoms with Crippen LogP contribution in [0.25, 0.3) is 0 Å². The fourth-order valence-corrected chi connectivity index (χ4v) is 4.13. The number of carbonyl (C=O) groups excluding carboxylic acids is 2. The maximum atomic E-state index is 12.2. The Hall–Kier alpha value is -0.380. The van der Waals surface area contributed by atoms with Crippen molar-refractivity contribution in [2.24, 2.45) is 28.6 Å². The zero-order chi connectivity index (χ0) is 13.9. The van der Waals surface area contributed by atoms with Crippen LogP contribution in [0.2, 0.25) is 0 Å². The Morgan fingerprint density at radius 3 is 2.00 bits per heavy atom. The van der Waals surface area contributed by atoms with Gasteiger partial charge in [-0.15, -0.1) is 0 Å². The third-order valence-electron chi connectivity index (χ3n) is 4.71. The first-order valence-electron chi connectivity index (χ1n) is 6.53. The van der Waals surface area contributed by atoms with Crippen LogP contribution < -0.4 is 0 Å². The maximum Gasteiger partial charge on any atom is 0.233 e. The van der Waals surface area contributed by atoms with E-state index in [0.717, 1.165) is 5.33 Å². The van der Waals surface area contributed by atoms with Crippen LogP contribution in [0.1, 0.15) is 34.6 Å². The predicted octanol–water partition coefficient (Wildman–Crippen LogP) is 2.68. The maximum absolute atomic E-state index is 12.2. The lowest BCUT2D eigenvalue weighted by molar-refractivity contribution is -0.144. The van der Waals surface area contributed by atoms with E-state index in [4.69, 9.17) is 0 Å². The van der Waals surface area contributed by atoms with E-state index in [1.165, 1.54) is 4.90 Å². The molecule has 0 aromatic rings. The first kappa shape index (κ1) is 14.0. The molecule has 4 heteroatoms. The van der Waals surface area contributed by atoms with Gasteiger partial charge in [-0.25, -0.2) is 0 Å². The summed E-state index contributed by atoms with van der Waals surface area (Å²) in [5.74, 6) is 0.281. The molecular formula is C14H22BrNO2. The molecule has 2 aliphatic rings. The summed E-state index contributed by atoms with van der Waals surface area (Å²) in [6, 6.07) is 0. The molecule has 1 saturated carbocycles. The topological polar surface area (TPSA) is 37.4 Å². The fourth-order valence-electron chi connectivity index (χ4n) is 2.96. The number of amides is 2. The molecule has 0 radical (unpaired) electrons. The molecule has 0 N–H and O–H groups in total. The van der Waals surface area contributed by atoms with Gasteiger partial charge in [-0.05, 0) is 16.7 Å².